The fourth-order valence-corrected chi connectivity index (χ4v) is 4.97. The molecule has 4 amide bonds. The van der Waals surface area contributed by atoms with Crippen molar-refractivity contribution in [2.45, 2.75) is 70.7 Å². The SMILES string of the molecule is CCC(C)C(C(CC(=O)N1CCCC1C(OC)C(C)C(=O)NCC(=O)OC)OC)N(C)C(=O)CNC=O. The largest absolute Gasteiger partial charge is 0.468 e. The fourth-order valence-electron chi connectivity index (χ4n) is 4.97. The fraction of sp³-hybridized carbons (Fsp3) is 0.800. The molecule has 6 atom stereocenters. The van der Waals surface area contributed by atoms with Gasteiger partial charge in [-0.1, -0.05) is 27.2 Å². The van der Waals surface area contributed by atoms with Crippen molar-refractivity contribution in [1.29, 1.82) is 0 Å². The molecule has 0 aromatic carbocycles. The molecule has 1 rings (SSSR count). The summed E-state index contributed by atoms with van der Waals surface area (Å²) < 4.78 is 16.0. The number of carbonyl (C=O) groups is 5. The first-order valence-electron chi connectivity index (χ1n) is 12.7. The number of hydrogen-bond donors (Lipinski definition) is 2. The van der Waals surface area contributed by atoms with Crippen LogP contribution in [0.1, 0.15) is 46.5 Å². The molecule has 6 unspecified atom stereocenters. The van der Waals surface area contributed by atoms with Gasteiger partial charge in [0.25, 0.3) is 0 Å². The summed E-state index contributed by atoms with van der Waals surface area (Å²) in [5, 5.41) is 4.93. The van der Waals surface area contributed by atoms with Gasteiger partial charge in [-0.3, -0.25) is 24.0 Å². The predicted octanol–water partition coefficient (Wildman–Crippen LogP) is -0.0581. The third kappa shape index (κ3) is 8.96. The van der Waals surface area contributed by atoms with Gasteiger partial charge in [-0.05, 0) is 18.8 Å². The molecule has 0 saturated carbocycles. The Morgan fingerprint density at radius 2 is 1.78 bits per heavy atom. The van der Waals surface area contributed by atoms with Gasteiger partial charge in [0.2, 0.25) is 24.1 Å². The van der Waals surface area contributed by atoms with Gasteiger partial charge < -0.3 is 34.6 Å². The Labute approximate surface area is 219 Å². The van der Waals surface area contributed by atoms with Crippen LogP contribution in [0.15, 0.2) is 0 Å². The van der Waals surface area contributed by atoms with E-state index < -0.39 is 24.1 Å². The van der Waals surface area contributed by atoms with Crippen molar-refractivity contribution in [1.82, 2.24) is 20.4 Å². The van der Waals surface area contributed by atoms with Crippen molar-refractivity contribution in [3.05, 3.63) is 0 Å². The standard InChI is InChI=1S/C25H44N4O8/c1-8-16(2)23(28(4)21(32)13-26-15-30)19(35-5)12-20(31)29-11-9-10-18(29)24(37-7)17(3)25(34)27-14-22(33)36-6/h15-19,23-24H,8-14H2,1-7H3,(H,26,30)(H,27,34). The van der Waals surface area contributed by atoms with Crippen molar-refractivity contribution >= 4 is 30.1 Å². The third-order valence-corrected chi connectivity index (χ3v) is 7.28. The number of nitrogens with zero attached hydrogens (tertiary/aromatic N) is 2. The zero-order chi connectivity index (χ0) is 28.1. The van der Waals surface area contributed by atoms with Gasteiger partial charge in [-0.2, -0.15) is 0 Å². The Kier molecular flexibility index (Phi) is 14.1. The number of likely N-dealkylation sites (tertiary alicyclic amines) is 1. The molecule has 2 N–H and O–H groups in total. The van der Waals surface area contributed by atoms with Crippen LogP contribution >= 0.6 is 0 Å². The third-order valence-electron chi connectivity index (χ3n) is 7.28. The van der Waals surface area contributed by atoms with Crippen LogP contribution in [0.3, 0.4) is 0 Å². The summed E-state index contributed by atoms with van der Waals surface area (Å²) in [6.45, 7) is 5.82. The molecule has 12 nitrogen and oxygen atoms in total. The molecule has 0 radical (unpaired) electrons. The lowest BCUT2D eigenvalue weighted by atomic mass is 9.90. The number of esters is 1. The molecule has 12 heteroatoms. The van der Waals surface area contributed by atoms with Crippen LogP contribution in [-0.2, 0) is 38.2 Å². The lowest BCUT2D eigenvalue weighted by Gasteiger charge is -2.39. The Morgan fingerprint density at radius 1 is 1.11 bits per heavy atom. The molecular weight excluding hydrogens is 484 g/mol. The highest BCUT2D eigenvalue weighted by Gasteiger charge is 2.41. The molecule has 212 valence electrons. The number of rotatable bonds is 16. The quantitative estimate of drug-likeness (QED) is 0.210. The highest BCUT2D eigenvalue weighted by atomic mass is 16.5. The van der Waals surface area contributed by atoms with E-state index in [1.165, 1.54) is 21.3 Å². The molecule has 0 bridgehead atoms. The van der Waals surface area contributed by atoms with Gasteiger partial charge >= 0.3 is 5.97 Å². The van der Waals surface area contributed by atoms with E-state index >= 15 is 0 Å². The van der Waals surface area contributed by atoms with Crippen LogP contribution in [-0.4, -0.2) is 112 Å². The maximum absolute atomic E-state index is 13.5. The van der Waals surface area contributed by atoms with Crippen molar-refractivity contribution in [2.75, 3.05) is 48.0 Å². The Balaban J connectivity index is 3.03. The topological polar surface area (TPSA) is 144 Å². The van der Waals surface area contributed by atoms with Crippen LogP contribution < -0.4 is 10.6 Å². The van der Waals surface area contributed by atoms with Crippen molar-refractivity contribution in [3.8, 4) is 0 Å². The number of likely N-dealkylation sites (N-methyl/N-ethyl adjacent to an activating group) is 1. The summed E-state index contributed by atoms with van der Waals surface area (Å²) >= 11 is 0. The van der Waals surface area contributed by atoms with Crippen LogP contribution in [0.4, 0.5) is 0 Å². The summed E-state index contributed by atoms with van der Waals surface area (Å²) in [6.07, 6.45) is 1.55. The first-order valence-corrected chi connectivity index (χ1v) is 12.7. The first kappa shape index (κ1) is 32.3. The van der Waals surface area contributed by atoms with Crippen LogP contribution in [0.2, 0.25) is 0 Å². The van der Waals surface area contributed by atoms with E-state index in [9.17, 15) is 24.0 Å². The minimum Gasteiger partial charge on any atom is -0.468 e. The number of nitrogens with one attached hydrogen (secondary N) is 2. The van der Waals surface area contributed by atoms with Gasteiger partial charge in [0.1, 0.15) is 6.54 Å². The molecule has 1 heterocycles. The van der Waals surface area contributed by atoms with Gasteiger partial charge in [-0.25, -0.2) is 0 Å². The van der Waals surface area contributed by atoms with E-state index in [-0.39, 0.29) is 55.2 Å². The molecule has 1 saturated heterocycles. The summed E-state index contributed by atoms with van der Waals surface area (Å²) in [5.41, 5.74) is 0. The molecule has 0 aromatic heterocycles. The second kappa shape index (κ2) is 16.2. The number of ether oxygens (including phenoxy) is 3. The molecule has 1 aliphatic rings. The summed E-state index contributed by atoms with van der Waals surface area (Å²) in [5.74, 6) is -1.95. The Morgan fingerprint density at radius 3 is 2.32 bits per heavy atom. The monoisotopic (exact) mass is 528 g/mol. The number of hydrogen-bond acceptors (Lipinski definition) is 8. The van der Waals surface area contributed by atoms with E-state index in [0.29, 0.717) is 19.4 Å². The summed E-state index contributed by atoms with van der Waals surface area (Å²) in [6, 6.07) is -0.714. The minimum absolute atomic E-state index is 0.0301. The maximum Gasteiger partial charge on any atom is 0.325 e. The average molecular weight is 529 g/mol. The maximum atomic E-state index is 13.5. The molecule has 0 aliphatic carbocycles. The smallest absolute Gasteiger partial charge is 0.325 e. The molecular formula is C25H44N4O8. The van der Waals surface area contributed by atoms with Crippen LogP contribution in [0.5, 0.6) is 0 Å². The number of amides is 4. The van der Waals surface area contributed by atoms with E-state index in [1.54, 1.807) is 23.8 Å². The van der Waals surface area contributed by atoms with E-state index in [2.05, 4.69) is 15.4 Å². The van der Waals surface area contributed by atoms with Crippen molar-refractivity contribution in [3.63, 3.8) is 0 Å². The van der Waals surface area contributed by atoms with Crippen LogP contribution in [0, 0.1) is 11.8 Å². The van der Waals surface area contributed by atoms with Gasteiger partial charge in [0, 0.05) is 27.8 Å². The normalized spacial score (nSPS) is 19.2. The summed E-state index contributed by atoms with van der Waals surface area (Å²) in [7, 11) is 5.91. The van der Waals surface area contributed by atoms with E-state index in [0.717, 1.165) is 12.8 Å². The molecule has 1 fully saturated rings. The van der Waals surface area contributed by atoms with E-state index in [4.69, 9.17) is 9.47 Å². The molecule has 37 heavy (non-hydrogen) atoms. The first-order chi connectivity index (χ1) is 17.6. The highest BCUT2D eigenvalue weighted by molar-refractivity contribution is 5.84. The lowest BCUT2D eigenvalue weighted by molar-refractivity contribution is -0.146. The highest BCUT2D eigenvalue weighted by Crippen LogP contribution is 2.29. The number of methoxy groups -OCH3 is 3. The Hall–Kier alpha value is -2.73. The molecule has 1 aliphatic heterocycles. The van der Waals surface area contributed by atoms with Crippen molar-refractivity contribution in [2.24, 2.45) is 11.8 Å². The lowest BCUT2D eigenvalue weighted by Crippen LogP contribution is -2.54. The van der Waals surface area contributed by atoms with Gasteiger partial charge in [-0.15, -0.1) is 0 Å². The van der Waals surface area contributed by atoms with Gasteiger partial charge in [0.15, 0.2) is 0 Å². The zero-order valence-corrected chi connectivity index (χ0v) is 23.2. The minimum atomic E-state index is -0.617. The zero-order valence-electron chi connectivity index (χ0n) is 23.2. The predicted molar refractivity (Wildman–Crippen MR) is 135 cm³/mol. The van der Waals surface area contributed by atoms with Crippen molar-refractivity contribution < 1.29 is 38.2 Å². The number of carbonyl (C=O) groups excluding carboxylic acids is 5. The van der Waals surface area contributed by atoms with Crippen LogP contribution in [0.25, 0.3) is 0 Å². The molecule has 0 spiro atoms. The Bertz CT molecular complexity index is 780. The van der Waals surface area contributed by atoms with E-state index in [1.807, 2.05) is 13.8 Å². The second-order valence-electron chi connectivity index (χ2n) is 9.44. The summed E-state index contributed by atoms with van der Waals surface area (Å²) in [4.78, 5) is 64.1. The molecule has 0 aromatic rings. The second-order valence-corrected chi connectivity index (χ2v) is 9.44. The average Bonchev–Trinajstić information content (AvgIpc) is 3.39. The van der Waals surface area contributed by atoms with Gasteiger partial charge in [0.05, 0.1) is 50.3 Å².